The highest BCUT2D eigenvalue weighted by molar-refractivity contribution is 5.81. The lowest BCUT2D eigenvalue weighted by Gasteiger charge is -2.29. The molecule has 1 rings (SSSR count). The lowest BCUT2D eigenvalue weighted by Crippen LogP contribution is -2.35. The Morgan fingerprint density at radius 3 is 1.40 bits per heavy atom. The molecule has 0 aromatic rings. The molecule has 4 nitrogen and oxygen atoms in total. The molecule has 0 radical (unpaired) electrons. The van der Waals surface area contributed by atoms with Crippen molar-refractivity contribution in [2.24, 2.45) is 11.8 Å². The van der Waals surface area contributed by atoms with Crippen LogP contribution in [0.25, 0.3) is 0 Å². The zero-order valence-corrected chi connectivity index (χ0v) is 23.4. The van der Waals surface area contributed by atoms with Crippen LogP contribution in [-0.4, -0.2) is 23.1 Å². The maximum absolute atomic E-state index is 13.0. The standard InChI is InChI=1S/C31H58O4/c1-3-5-7-9-11-13-15-17-19-23-27(24-20-18-16-14-12-10-8-6-4-2)35-31(34)29-26-22-21-25-28(29)30(32)33/h27-29H,3-26H2,1-2H3,(H,32,33). The maximum Gasteiger partial charge on any atom is 0.310 e. The third-order valence-electron chi connectivity index (χ3n) is 7.93. The van der Waals surface area contributed by atoms with E-state index in [-0.39, 0.29) is 12.1 Å². The fourth-order valence-electron chi connectivity index (χ4n) is 5.59. The summed E-state index contributed by atoms with van der Waals surface area (Å²) in [5, 5.41) is 9.57. The average Bonchev–Trinajstić information content (AvgIpc) is 2.86. The van der Waals surface area contributed by atoms with Crippen molar-refractivity contribution in [2.75, 3.05) is 0 Å². The largest absolute Gasteiger partial charge is 0.481 e. The maximum atomic E-state index is 13.0. The van der Waals surface area contributed by atoms with Crippen molar-refractivity contribution in [2.45, 2.75) is 174 Å². The summed E-state index contributed by atoms with van der Waals surface area (Å²) in [5.74, 6) is -2.08. The van der Waals surface area contributed by atoms with E-state index >= 15 is 0 Å². The fraction of sp³-hybridized carbons (Fsp3) is 0.935. The lowest BCUT2D eigenvalue weighted by molar-refractivity contribution is -0.164. The zero-order valence-electron chi connectivity index (χ0n) is 23.4. The van der Waals surface area contributed by atoms with Crippen LogP contribution in [0, 0.1) is 11.8 Å². The van der Waals surface area contributed by atoms with Gasteiger partial charge in [-0.1, -0.05) is 129 Å². The molecule has 0 aliphatic heterocycles. The number of esters is 1. The molecule has 4 heteroatoms. The number of carbonyl (C=O) groups is 2. The van der Waals surface area contributed by atoms with E-state index in [1.807, 2.05) is 0 Å². The van der Waals surface area contributed by atoms with Gasteiger partial charge in [0.2, 0.25) is 0 Å². The second-order valence-electron chi connectivity index (χ2n) is 11.1. The van der Waals surface area contributed by atoms with Gasteiger partial charge in [-0.15, -0.1) is 0 Å². The normalized spacial score (nSPS) is 18.1. The topological polar surface area (TPSA) is 63.6 Å². The van der Waals surface area contributed by atoms with Gasteiger partial charge in [0.15, 0.2) is 0 Å². The van der Waals surface area contributed by atoms with E-state index in [0.717, 1.165) is 38.5 Å². The first kappa shape index (κ1) is 32.0. The number of carbonyl (C=O) groups excluding carboxylic acids is 1. The summed E-state index contributed by atoms with van der Waals surface area (Å²) in [4.78, 5) is 24.6. The van der Waals surface area contributed by atoms with Gasteiger partial charge < -0.3 is 9.84 Å². The van der Waals surface area contributed by atoms with Gasteiger partial charge in [0.1, 0.15) is 6.10 Å². The third kappa shape index (κ3) is 16.3. The summed E-state index contributed by atoms with van der Waals surface area (Å²) < 4.78 is 6.01. The minimum atomic E-state index is -0.832. The van der Waals surface area contributed by atoms with E-state index in [0.29, 0.717) is 12.8 Å². The highest BCUT2D eigenvalue weighted by atomic mass is 16.5. The molecular formula is C31H58O4. The summed E-state index contributed by atoms with van der Waals surface area (Å²) >= 11 is 0. The van der Waals surface area contributed by atoms with Gasteiger partial charge in [0, 0.05) is 0 Å². The Hall–Kier alpha value is -1.06. The van der Waals surface area contributed by atoms with Crippen molar-refractivity contribution in [3.8, 4) is 0 Å². The number of rotatable bonds is 23. The molecule has 0 aromatic carbocycles. The van der Waals surface area contributed by atoms with Gasteiger partial charge in [0.05, 0.1) is 11.8 Å². The molecule has 0 heterocycles. The van der Waals surface area contributed by atoms with Crippen molar-refractivity contribution in [1.82, 2.24) is 0 Å². The molecule has 35 heavy (non-hydrogen) atoms. The highest BCUT2D eigenvalue weighted by Crippen LogP contribution is 2.32. The van der Waals surface area contributed by atoms with Crippen molar-refractivity contribution in [3.05, 3.63) is 0 Å². The molecular weight excluding hydrogens is 436 g/mol. The number of hydrogen-bond donors (Lipinski definition) is 1. The first-order chi connectivity index (χ1) is 17.1. The molecule has 0 aromatic heterocycles. The summed E-state index contributed by atoms with van der Waals surface area (Å²) in [7, 11) is 0. The van der Waals surface area contributed by atoms with E-state index in [1.54, 1.807) is 0 Å². The monoisotopic (exact) mass is 494 g/mol. The first-order valence-corrected chi connectivity index (χ1v) is 15.5. The van der Waals surface area contributed by atoms with Crippen LogP contribution in [0.2, 0.25) is 0 Å². The Labute approximate surface area is 217 Å². The van der Waals surface area contributed by atoms with Crippen molar-refractivity contribution in [3.63, 3.8) is 0 Å². The highest BCUT2D eigenvalue weighted by Gasteiger charge is 2.37. The predicted octanol–water partition coefficient (Wildman–Crippen LogP) is 9.63. The minimum absolute atomic E-state index is 0.0343. The van der Waals surface area contributed by atoms with Crippen molar-refractivity contribution in [1.29, 1.82) is 0 Å². The molecule has 1 aliphatic rings. The summed E-state index contributed by atoms with van der Waals surface area (Å²) in [6, 6.07) is 0. The van der Waals surface area contributed by atoms with E-state index in [1.165, 1.54) is 103 Å². The number of hydrogen-bond acceptors (Lipinski definition) is 3. The van der Waals surface area contributed by atoms with Crippen LogP contribution >= 0.6 is 0 Å². The number of unbranched alkanes of at least 4 members (excludes halogenated alkanes) is 16. The summed E-state index contributed by atoms with van der Waals surface area (Å²) in [5.41, 5.74) is 0. The SMILES string of the molecule is CCCCCCCCCCCC(CCCCCCCCCCC)OC(=O)C1CCCCC1C(=O)O. The molecule has 1 saturated carbocycles. The molecule has 1 fully saturated rings. The lowest BCUT2D eigenvalue weighted by atomic mass is 9.79. The summed E-state index contributed by atoms with van der Waals surface area (Å²) in [6.07, 6.45) is 28.2. The van der Waals surface area contributed by atoms with Crippen LogP contribution in [0.4, 0.5) is 0 Å². The Balaban J connectivity index is 2.37. The van der Waals surface area contributed by atoms with Crippen LogP contribution < -0.4 is 0 Å². The first-order valence-electron chi connectivity index (χ1n) is 15.5. The fourth-order valence-corrected chi connectivity index (χ4v) is 5.59. The number of carboxylic acid groups (broad SMARTS) is 1. The summed E-state index contributed by atoms with van der Waals surface area (Å²) in [6.45, 7) is 4.52. The number of aliphatic carboxylic acids is 1. The minimum Gasteiger partial charge on any atom is -0.481 e. The molecule has 1 N–H and O–H groups in total. The van der Waals surface area contributed by atoms with Crippen molar-refractivity contribution < 1.29 is 19.4 Å². The molecule has 2 atom stereocenters. The molecule has 0 amide bonds. The smallest absolute Gasteiger partial charge is 0.310 e. The number of ether oxygens (including phenoxy) is 1. The van der Waals surface area contributed by atoms with Gasteiger partial charge in [-0.3, -0.25) is 9.59 Å². The predicted molar refractivity (Wildman–Crippen MR) is 147 cm³/mol. The Bertz CT molecular complexity index is 496. The third-order valence-corrected chi connectivity index (χ3v) is 7.93. The van der Waals surface area contributed by atoms with E-state index in [2.05, 4.69) is 13.8 Å². The Morgan fingerprint density at radius 2 is 1.00 bits per heavy atom. The quantitative estimate of drug-likeness (QED) is 0.113. The number of carboxylic acids is 1. The van der Waals surface area contributed by atoms with E-state index < -0.39 is 17.8 Å². The molecule has 1 aliphatic carbocycles. The Kier molecular flexibility index (Phi) is 20.2. The van der Waals surface area contributed by atoms with Crippen LogP contribution in [0.1, 0.15) is 168 Å². The second kappa shape index (κ2) is 22.2. The molecule has 0 spiro atoms. The Morgan fingerprint density at radius 1 is 0.629 bits per heavy atom. The van der Waals surface area contributed by atoms with Crippen LogP contribution in [0.5, 0.6) is 0 Å². The van der Waals surface area contributed by atoms with Crippen molar-refractivity contribution >= 4 is 11.9 Å². The average molecular weight is 495 g/mol. The molecule has 206 valence electrons. The van der Waals surface area contributed by atoms with Gasteiger partial charge in [-0.05, 0) is 38.5 Å². The molecule has 0 bridgehead atoms. The van der Waals surface area contributed by atoms with Crippen LogP contribution in [0.15, 0.2) is 0 Å². The van der Waals surface area contributed by atoms with Crippen LogP contribution in [0.3, 0.4) is 0 Å². The molecule has 2 unspecified atom stereocenters. The van der Waals surface area contributed by atoms with Gasteiger partial charge in [-0.25, -0.2) is 0 Å². The van der Waals surface area contributed by atoms with Crippen LogP contribution in [-0.2, 0) is 14.3 Å². The van der Waals surface area contributed by atoms with E-state index in [4.69, 9.17) is 4.74 Å². The van der Waals surface area contributed by atoms with Gasteiger partial charge in [0.25, 0.3) is 0 Å². The second-order valence-corrected chi connectivity index (χ2v) is 11.1. The zero-order chi connectivity index (χ0) is 25.6. The van der Waals surface area contributed by atoms with E-state index in [9.17, 15) is 14.7 Å². The van der Waals surface area contributed by atoms with Gasteiger partial charge >= 0.3 is 11.9 Å². The van der Waals surface area contributed by atoms with Gasteiger partial charge in [-0.2, -0.15) is 0 Å². The molecule has 0 saturated heterocycles.